The van der Waals surface area contributed by atoms with Gasteiger partial charge in [0.25, 0.3) is 6.01 Å². The van der Waals surface area contributed by atoms with Gasteiger partial charge in [0.15, 0.2) is 5.69 Å². The average molecular weight is 281 g/mol. The van der Waals surface area contributed by atoms with E-state index in [0.717, 1.165) is 5.01 Å². The Morgan fingerprint density at radius 1 is 1.58 bits per heavy atom. The lowest BCUT2D eigenvalue weighted by Crippen LogP contribution is -2.27. The zero-order chi connectivity index (χ0) is 13.9. The van der Waals surface area contributed by atoms with Crippen molar-refractivity contribution in [3.63, 3.8) is 0 Å². The fourth-order valence-electron chi connectivity index (χ4n) is 1.48. The summed E-state index contributed by atoms with van der Waals surface area (Å²) in [5, 5.41) is 5.91. The molecule has 0 aliphatic carbocycles. The average Bonchev–Trinajstić information content (AvgIpc) is 2.98. The highest BCUT2D eigenvalue weighted by molar-refractivity contribution is 7.09. The van der Waals surface area contributed by atoms with Gasteiger partial charge in [0.1, 0.15) is 11.3 Å². The largest absolute Gasteiger partial charge is 0.461 e. The van der Waals surface area contributed by atoms with Crippen LogP contribution in [0.15, 0.2) is 22.3 Å². The molecule has 2 heterocycles. The minimum Gasteiger partial charge on any atom is -0.461 e. The molecule has 0 atom stereocenters. The number of esters is 1. The summed E-state index contributed by atoms with van der Waals surface area (Å²) in [6.45, 7) is 5.96. The second-order valence-corrected chi connectivity index (χ2v) is 5.24. The number of rotatable bonds is 5. The van der Waals surface area contributed by atoms with E-state index < -0.39 is 11.5 Å². The summed E-state index contributed by atoms with van der Waals surface area (Å²) in [6, 6.07) is 0.267. The van der Waals surface area contributed by atoms with Gasteiger partial charge in [-0.1, -0.05) is 0 Å². The third-order valence-electron chi connectivity index (χ3n) is 2.38. The molecule has 0 saturated carbocycles. The Hall–Kier alpha value is -1.89. The summed E-state index contributed by atoms with van der Waals surface area (Å²) in [7, 11) is 0. The van der Waals surface area contributed by atoms with Crippen molar-refractivity contribution in [3.8, 4) is 0 Å². The van der Waals surface area contributed by atoms with E-state index in [4.69, 9.17) is 9.15 Å². The predicted octanol–water partition coefficient (Wildman–Crippen LogP) is 2.66. The Morgan fingerprint density at radius 3 is 3.00 bits per heavy atom. The zero-order valence-electron chi connectivity index (χ0n) is 11.0. The minimum atomic E-state index is -0.494. The van der Waals surface area contributed by atoms with Gasteiger partial charge in [-0.3, -0.25) is 0 Å². The number of hydrogen-bond acceptors (Lipinski definition) is 7. The third-order valence-corrected chi connectivity index (χ3v) is 3.47. The second kappa shape index (κ2) is 5.40. The first-order valence-corrected chi connectivity index (χ1v) is 6.71. The summed E-state index contributed by atoms with van der Waals surface area (Å²) in [5.74, 6) is -0.494. The number of oxazole rings is 1. The van der Waals surface area contributed by atoms with E-state index in [0.29, 0.717) is 6.61 Å². The number of nitrogens with one attached hydrogen (secondary N) is 1. The highest BCUT2D eigenvalue weighted by atomic mass is 32.1. The van der Waals surface area contributed by atoms with Crippen molar-refractivity contribution in [2.45, 2.75) is 26.3 Å². The molecule has 6 nitrogen and oxygen atoms in total. The van der Waals surface area contributed by atoms with E-state index >= 15 is 0 Å². The smallest absolute Gasteiger partial charge is 0.360 e. The van der Waals surface area contributed by atoms with Crippen LogP contribution in [-0.4, -0.2) is 22.5 Å². The summed E-state index contributed by atoms with van der Waals surface area (Å²) < 4.78 is 10.1. The number of thiazole rings is 1. The van der Waals surface area contributed by atoms with Crippen LogP contribution in [0.1, 0.15) is 36.3 Å². The Labute approximate surface area is 114 Å². The van der Waals surface area contributed by atoms with Crippen LogP contribution in [0.5, 0.6) is 0 Å². The topological polar surface area (TPSA) is 77.2 Å². The van der Waals surface area contributed by atoms with Crippen molar-refractivity contribution in [1.29, 1.82) is 0 Å². The monoisotopic (exact) mass is 281 g/mol. The first kappa shape index (κ1) is 13.5. The lowest BCUT2D eigenvalue weighted by molar-refractivity contribution is 0.0519. The molecule has 2 aromatic rings. The van der Waals surface area contributed by atoms with Gasteiger partial charge in [0.2, 0.25) is 0 Å². The summed E-state index contributed by atoms with van der Waals surface area (Å²) in [5.41, 5.74) is -0.274. The van der Waals surface area contributed by atoms with Crippen LogP contribution in [0.4, 0.5) is 6.01 Å². The number of carbonyl (C=O) groups excluding carboxylic acids is 1. The Kier molecular flexibility index (Phi) is 3.84. The van der Waals surface area contributed by atoms with E-state index in [1.807, 2.05) is 19.2 Å². The highest BCUT2D eigenvalue weighted by Gasteiger charge is 2.25. The molecule has 0 aliphatic heterocycles. The highest BCUT2D eigenvalue weighted by Crippen LogP contribution is 2.26. The summed E-state index contributed by atoms with van der Waals surface area (Å²) in [6.07, 6.45) is 3.02. The second-order valence-electron chi connectivity index (χ2n) is 4.35. The molecule has 0 spiro atoms. The number of hydrogen-bond donors (Lipinski definition) is 1. The van der Waals surface area contributed by atoms with Gasteiger partial charge in [-0.25, -0.2) is 9.78 Å². The lowest BCUT2D eigenvalue weighted by atomic mass is 10.1. The Balaban J connectivity index is 2.10. The Bertz CT molecular complexity index is 548. The number of anilines is 1. The molecule has 0 fully saturated rings. The molecule has 0 bridgehead atoms. The van der Waals surface area contributed by atoms with E-state index in [9.17, 15) is 4.79 Å². The molecule has 2 rings (SSSR count). The minimum absolute atomic E-state index is 0.152. The molecular weight excluding hydrogens is 266 g/mol. The third kappa shape index (κ3) is 3.11. The predicted molar refractivity (Wildman–Crippen MR) is 71.2 cm³/mol. The molecule has 2 aromatic heterocycles. The zero-order valence-corrected chi connectivity index (χ0v) is 11.8. The Morgan fingerprint density at radius 2 is 2.37 bits per heavy atom. The molecule has 1 N–H and O–H groups in total. The van der Waals surface area contributed by atoms with Gasteiger partial charge in [0, 0.05) is 11.6 Å². The van der Waals surface area contributed by atoms with Crippen LogP contribution in [0, 0.1) is 0 Å². The number of carbonyl (C=O) groups is 1. The van der Waals surface area contributed by atoms with Gasteiger partial charge >= 0.3 is 5.97 Å². The maximum Gasteiger partial charge on any atom is 0.360 e. The first-order chi connectivity index (χ1) is 9.03. The quantitative estimate of drug-likeness (QED) is 0.849. The summed E-state index contributed by atoms with van der Waals surface area (Å²) in [4.78, 5) is 19.8. The van der Waals surface area contributed by atoms with Crippen molar-refractivity contribution >= 4 is 23.3 Å². The SMILES string of the molecule is CCOC(=O)c1coc(NC(C)(C)c2nccs2)n1. The van der Waals surface area contributed by atoms with Crippen LogP contribution in [-0.2, 0) is 10.3 Å². The number of aromatic nitrogens is 2. The fraction of sp³-hybridized carbons (Fsp3) is 0.417. The maximum atomic E-state index is 11.5. The molecule has 0 saturated heterocycles. The van der Waals surface area contributed by atoms with E-state index in [1.165, 1.54) is 17.6 Å². The molecule has 0 radical (unpaired) electrons. The van der Waals surface area contributed by atoms with Crippen LogP contribution in [0.2, 0.25) is 0 Å². The van der Waals surface area contributed by atoms with Crippen LogP contribution in [0.25, 0.3) is 0 Å². The molecule has 0 aliphatic rings. The number of ether oxygens (including phenoxy) is 1. The van der Waals surface area contributed by atoms with Gasteiger partial charge in [-0.2, -0.15) is 4.98 Å². The van der Waals surface area contributed by atoms with Crippen LogP contribution < -0.4 is 5.32 Å². The van der Waals surface area contributed by atoms with Crippen molar-refractivity contribution < 1.29 is 13.9 Å². The molecule has 7 heteroatoms. The van der Waals surface area contributed by atoms with Crippen LogP contribution >= 0.6 is 11.3 Å². The van der Waals surface area contributed by atoms with E-state index in [1.54, 1.807) is 13.1 Å². The van der Waals surface area contributed by atoms with Crippen molar-refractivity contribution in [1.82, 2.24) is 9.97 Å². The van der Waals surface area contributed by atoms with Gasteiger partial charge in [-0.05, 0) is 20.8 Å². The molecule has 19 heavy (non-hydrogen) atoms. The van der Waals surface area contributed by atoms with E-state index in [-0.39, 0.29) is 11.7 Å². The van der Waals surface area contributed by atoms with Crippen molar-refractivity contribution in [2.24, 2.45) is 0 Å². The van der Waals surface area contributed by atoms with Crippen molar-refractivity contribution in [2.75, 3.05) is 11.9 Å². The standard InChI is InChI=1S/C12H15N3O3S/c1-4-17-9(16)8-7-18-11(14-8)15-12(2,3)10-13-5-6-19-10/h5-7H,4H2,1-3H3,(H,14,15). The van der Waals surface area contributed by atoms with Gasteiger partial charge < -0.3 is 14.5 Å². The molecule has 0 unspecified atom stereocenters. The van der Waals surface area contributed by atoms with E-state index in [2.05, 4.69) is 15.3 Å². The van der Waals surface area contributed by atoms with Crippen LogP contribution in [0.3, 0.4) is 0 Å². The van der Waals surface area contributed by atoms with Crippen molar-refractivity contribution in [3.05, 3.63) is 28.5 Å². The molecular formula is C12H15N3O3S. The maximum absolute atomic E-state index is 11.5. The normalized spacial score (nSPS) is 11.3. The lowest BCUT2D eigenvalue weighted by Gasteiger charge is -2.22. The number of nitrogens with zero attached hydrogens (tertiary/aromatic N) is 2. The van der Waals surface area contributed by atoms with Gasteiger partial charge in [-0.15, -0.1) is 11.3 Å². The molecule has 0 amide bonds. The molecule has 102 valence electrons. The van der Waals surface area contributed by atoms with Gasteiger partial charge in [0.05, 0.1) is 12.1 Å². The first-order valence-electron chi connectivity index (χ1n) is 5.83. The fourth-order valence-corrected chi connectivity index (χ4v) is 2.20. The summed E-state index contributed by atoms with van der Waals surface area (Å²) >= 11 is 1.54. The molecule has 0 aromatic carbocycles.